The van der Waals surface area contributed by atoms with Crippen LogP contribution < -0.4 is 5.32 Å². The third kappa shape index (κ3) is 7.33. The zero-order chi connectivity index (χ0) is 23.6. The number of hydrogen-bond donors (Lipinski definition) is 2. The number of nitrogens with one attached hydrogen (secondary N) is 1. The summed E-state index contributed by atoms with van der Waals surface area (Å²) in [6, 6.07) is 18.2. The lowest BCUT2D eigenvalue weighted by Crippen LogP contribution is -2.53. The highest BCUT2D eigenvalue weighted by Crippen LogP contribution is 2.33. The van der Waals surface area contributed by atoms with Crippen LogP contribution in [0.2, 0.25) is 0 Å². The van der Waals surface area contributed by atoms with Crippen molar-refractivity contribution in [2.24, 2.45) is 0 Å². The van der Waals surface area contributed by atoms with Gasteiger partial charge in [-0.25, -0.2) is 0 Å². The average Bonchev–Trinajstić information content (AvgIpc) is 2.96. The number of amides is 1. The highest BCUT2D eigenvalue weighted by atomic mass is 32.2. The number of nitrogens with zero attached hydrogens (tertiary/aromatic N) is 1. The van der Waals surface area contributed by atoms with Crippen molar-refractivity contribution >= 4 is 29.6 Å². The number of hydrogen-bond acceptors (Lipinski definition) is 6. The first-order valence-electron chi connectivity index (χ1n) is 11.1. The van der Waals surface area contributed by atoms with Gasteiger partial charge in [-0.05, 0) is 30.9 Å². The molecule has 0 aromatic heterocycles. The molecular weight excluding hydrogens is 440 g/mol. The molecule has 0 aliphatic carbocycles. The summed E-state index contributed by atoms with van der Waals surface area (Å²) in [4.78, 5) is 38.8. The Morgan fingerprint density at radius 3 is 2.45 bits per heavy atom. The molecule has 1 aliphatic rings. The van der Waals surface area contributed by atoms with Crippen molar-refractivity contribution in [1.82, 2.24) is 10.2 Å². The zero-order valence-corrected chi connectivity index (χ0v) is 19.5. The van der Waals surface area contributed by atoms with Crippen LogP contribution in [0.1, 0.15) is 29.7 Å². The van der Waals surface area contributed by atoms with E-state index in [0.717, 1.165) is 11.1 Å². The van der Waals surface area contributed by atoms with Gasteiger partial charge in [-0.3, -0.25) is 19.7 Å². The van der Waals surface area contributed by atoms with Gasteiger partial charge in [0, 0.05) is 17.5 Å². The van der Waals surface area contributed by atoms with Crippen molar-refractivity contribution in [2.75, 3.05) is 25.4 Å². The van der Waals surface area contributed by atoms with E-state index in [4.69, 9.17) is 4.74 Å². The Kier molecular flexibility index (Phi) is 9.33. The fraction of sp³-hybridized carbons (Fsp3) is 0.400. The minimum atomic E-state index is -1.06. The predicted octanol–water partition coefficient (Wildman–Crippen LogP) is 2.91. The van der Waals surface area contributed by atoms with E-state index >= 15 is 0 Å². The monoisotopic (exact) mass is 470 g/mol. The summed E-state index contributed by atoms with van der Waals surface area (Å²) in [6.45, 7) is 1.91. The number of aryl methyl sites for hydroxylation is 1. The van der Waals surface area contributed by atoms with Crippen LogP contribution in [0.5, 0.6) is 0 Å². The summed E-state index contributed by atoms with van der Waals surface area (Å²) < 4.78 is 5.26. The molecule has 0 saturated carbocycles. The van der Waals surface area contributed by atoms with Crippen molar-refractivity contribution < 1.29 is 24.2 Å². The van der Waals surface area contributed by atoms with Gasteiger partial charge in [0.1, 0.15) is 12.6 Å². The first kappa shape index (κ1) is 24.8. The average molecular weight is 471 g/mol. The van der Waals surface area contributed by atoms with Crippen molar-refractivity contribution in [3.63, 3.8) is 0 Å². The lowest BCUT2D eigenvalue weighted by atomic mass is 10.0. The number of aliphatic carboxylic acids is 1. The molecule has 0 bridgehead atoms. The molecule has 7 nitrogen and oxygen atoms in total. The number of thioether (sulfide) groups is 1. The lowest BCUT2D eigenvalue weighted by molar-refractivity contribution is -0.148. The van der Waals surface area contributed by atoms with Gasteiger partial charge in [0.25, 0.3) is 0 Å². The molecule has 8 heteroatoms. The highest BCUT2D eigenvalue weighted by Gasteiger charge is 2.35. The topological polar surface area (TPSA) is 95.9 Å². The van der Waals surface area contributed by atoms with Crippen LogP contribution in [-0.4, -0.2) is 65.4 Å². The molecular formula is C25H30N2O5S. The molecule has 2 aromatic carbocycles. The summed E-state index contributed by atoms with van der Waals surface area (Å²) in [7, 11) is 0. The first-order chi connectivity index (χ1) is 16.0. The minimum Gasteiger partial charge on any atom is -0.480 e. The van der Waals surface area contributed by atoms with E-state index in [9.17, 15) is 19.5 Å². The second-order valence-corrected chi connectivity index (χ2v) is 9.13. The number of benzene rings is 2. The van der Waals surface area contributed by atoms with E-state index in [1.807, 2.05) is 60.7 Å². The molecule has 3 atom stereocenters. The molecule has 2 N–H and O–H groups in total. The Morgan fingerprint density at radius 1 is 1.15 bits per heavy atom. The van der Waals surface area contributed by atoms with E-state index in [0.29, 0.717) is 25.1 Å². The van der Waals surface area contributed by atoms with Gasteiger partial charge >= 0.3 is 11.9 Å². The zero-order valence-electron chi connectivity index (χ0n) is 18.7. The van der Waals surface area contributed by atoms with Crippen LogP contribution in [0.15, 0.2) is 60.7 Å². The fourth-order valence-electron chi connectivity index (χ4n) is 3.85. The van der Waals surface area contributed by atoms with Gasteiger partial charge in [0.2, 0.25) is 5.91 Å². The maximum Gasteiger partial charge on any atom is 0.323 e. The maximum absolute atomic E-state index is 13.3. The van der Waals surface area contributed by atoms with E-state index in [2.05, 4.69) is 5.32 Å². The van der Waals surface area contributed by atoms with Crippen molar-refractivity contribution in [1.29, 1.82) is 0 Å². The Bertz CT molecular complexity index is 925. The SMILES string of the molecule is CCOC(=O)C(CCc1ccccc1)NC1CSC(c2ccccc2)CN(CC(=O)O)C1=O. The Morgan fingerprint density at radius 2 is 1.82 bits per heavy atom. The molecule has 1 heterocycles. The summed E-state index contributed by atoms with van der Waals surface area (Å²) >= 11 is 1.59. The Labute approximate surface area is 198 Å². The number of ether oxygens (including phenoxy) is 1. The number of carbonyl (C=O) groups is 3. The second kappa shape index (κ2) is 12.4. The normalized spacial score (nSPS) is 19.5. The van der Waals surface area contributed by atoms with Gasteiger partial charge in [0.05, 0.1) is 12.6 Å². The van der Waals surface area contributed by atoms with Gasteiger partial charge in [0.15, 0.2) is 0 Å². The van der Waals surface area contributed by atoms with Crippen LogP contribution in [0.4, 0.5) is 0 Å². The van der Waals surface area contributed by atoms with E-state index in [-0.39, 0.29) is 24.3 Å². The Hall–Kier alpha value is -2.84. The molecule has 0 radical (unpaired) electrons. The van der Waals surface area contributed by atoms with Gasteiger partial charge in [-0.2, -0.15) is 0 Å². The van der Waals surface area contributed by atoms with Crippen molar-refractivity contribution in [3.8, 4) is 0 Å². The molecule has 3 unspecified atom stereocenters. The number of carboxylic acids is 1. The molecule has 1 fully saturated rings. The summed E-state index contributed by atoms with van der Waals surface area (Å²) in [6.07, 6.45) is 1.12. The number of esters is 1. The molecule has 2 aromatic rings. The highest BCUT2D eigenvalue weighted by molar-refractivity contribution is 7.99. The van der Waals surface area contributed by atoms with Gasteiger partial charge in [-0.15, -0.1) is 11.8 Å². The number of carbonyl (C=O) groups excluding carboxylic acids is 2. The van der Waals surface area contributed by atoms with Gasteiger partial charge in [-0.1, -0.05) is 60.7 Å². The minimum absolute atomic E-state index is 0.0494. The molecule has 0 spiro atoms. The van der Waals surface area contributed by atoms with Crippen LogP contribution in [0.25, 0.3) is 0 Å². The smallest absolute Gasteiger partial charge is 0.323 e. The first-order valence-corrected chi connectivity index (χ1v) is 12.2. The standard InChI is InChI=1S/C25H30N2O5S/c1-2-32-25(31)20(14-13-18-9-5-3-6-10-18)26-21-17-33-22(19-11-7-4-8-12-19)15-27(24(21)30)16-23(28)29/h3-12,20-22,26H,2,13-17H2,1H3,(H,28,29). The lowest BCUT2D eigenvalue weighted by Gasteiger charge is -2.27. The fourth-order valence-corrected chi connectivity index (χ4v) is 5.15. The molecule has 176 valence electrons. The second-order valence-electron chi connectivity index (χ2n) is 7.89. The molecule has 1 amide bonds. The third-order valence-electron chi connectivity index (χ3n) is 5.50. The van der Waals surface area contributed by atoms with E-state index in [1.54, 1.807) is 18.7 Å². The third-order valence-corrected chi connectivity index (χ3v) is 6.84. The number of carboxylic acid groups (broad SMARTS) is 1. The van der Waals surface area contributed by atoms with Crippen molar-refractivity contribution in [3.05, 3.63) is 71.8 Å². The van der Waals surface area contributed by atoms with Crippen LogP contribution in [-0.2, 0) is 25.5 Å². The van der Waals surface area contributed by atoms with Crippen LogP contribution >= 0.6 is 11.8 Å². The number of rotatable bonds is 10. The summed E-state index contributed by atoms with van der Waals surface area (Å²) in [5, 5.41) is 12.5. The van der Waals surface area contributed by atoms with E-state index in [1.165, 1.54) is 4.90 Å². The largest absolute Gasteiger partial charge is 0.480 e. The molecule has 1 saturated heterocycles. The molecule has 3 rings (SSSR count). The summed E-state index contributed by atoms with van der Waals surface area (Å²) in [5.41, 5.74) is 2.13. The quantitative estimate of drug-likeness (QED) is 0.516. The van der Waals surface area contributed by atoms with E-state index < -0.39 is 24.0 Å². The van der Waals surface area contributed by atoms with Crippen molar-refractivity contribution in [2.45, 2.75) is 37.1 Å². The molecule has 1 aliphatic heterocycles. The maximum atomic E-state index is 13.3. The van der Waals surface area contributed by atoms with Crippen LogP contribution in [0.3, 0.4) is 0 Å². The van der Waals surface area contributed by atoms with Crippen LogP contribution in [0, 0.1) is 0 Å². The van der Waals surface area contributed by atoms with Gasteiger partial charge < -0.3 is 14.7 Å². The predicted molar refractivity (Wildman–Crippen MR) is 128 cm³/mol. The summed E-state index contributed by atoms with van der Waals surface area (Å²) in [5.74, 6) is -1.35. The Balaban J connectivity index is 1.77. The molecule has 33 heavy (non-hydrogen) atoms.